The Balaban J connectivity index is 2.26. The fourth-order valence-corrected chi connectivity index (χ4v) is 2.70. The van der Waals surface area contributed by atoms with Crippen molar-refractivity contribution in [2.75, 3.05) is 13.2 Å². The number of hydrogen-bond acceptors (Lipinski definition) is 6. The molecule has 1 heterocycles. The highest BCUT2D eigenvalue weighted by molar-refractivity contribution is 5.99. The summed E-state index contributed by atoms with van der Waals surface area (Å²) in [5.74, 6) is -1.73. The molecule has 0 aliphatic carbocycles. The van der Waals surface area contributed by atoms with Crippen LogP contribution in [0.5, 0.6) is 11.5 Å². The Hall–Kier alpha value is -2.61. The molecule has 1 aliphatic rings. The van der Waals surface area contributed by atoms with Crippen LogP contribution in [0, 0.1) is 0 Å². The maximum Gasteiger partial charge on any atom is 0.246 e. The minimum atomic E-state index is -0.903. The lowest BCUT2D eigenvalue weighted by molar-refractivity contribution is -0.151. The summed E-state index contributed by atoms with van der Waals surface area (Å²) < 4.78 is 0. The Kier molecular flexibility index (Phi) is 5.40. The van der Waals surface area contributed by atoms with Crippen LogP contribution in [-0.4, -0.2) is 63.1 Å². The van der Waals surface area contributed by atoms with Crippen LogP contribution in [0.3, 0.4) is 0 Å². The van der Waals surface area contributed by atoms with E-state index in [-0.39, 0.29) is 43.3 Å². The van der Waals surface area contributed by atoms with Gasteiger partial charge in [0.15, 0.2) is 11.5 Å². The average Bonchev–Trinajstić information content (AvgIpc) is 2.51. The van der Waals surface area contributed by atoms with E-state index in [9.17, 15) is 24.6 Å². The second-order valence-corrected chi connectivity index (χ2v) is 5.78. The summed E-state index contributed by atoms with van der Waals surface area (Å²) in [5, 5.41) is 30.5. The monoisotopic (exact) mass is 336 g/mol. The minimum absolute atomic E-state index is 0.0751. The third-order valence-electron chi connectivity index (χ3n) is 3.86. The van der Waals surface area contributed by atoms with Gasteiger partial charge in [-0.3, -0.25) is 14.4 Å². The molecule has 2 atom stereocenters. The van der Waals surface area contributed by atoms with Gasteiger partial charge in [-0.2, -0.15) is 0 Å². The topological polar surface area (TPSA) is 127 Å². The summed E-state index contributed by atoms with van der Waals surface area (Å²) in [7, 11) is 0. The summed E-state index contributed by atoms with van der Waals surface area (Å²) >= 11 is 0. The zero-order chi connectivity index (χ0) is 17.9. The van der Waals surface area contributed by atoms with E-state index < -0.39 is 23.9 Å². The van der Waals surface area contributed by atoms with Gasteiger partial charge >= 0.3 is 0 Å². The molecule has 24 heavy (non-hydrogen) atoms. The van der Waals surface area contributed by atoms with Gasteiger partial charge in [0.05, 0.1) is 6.54 Å². The first-order chi connectivity index (χ1) is 11.3. The molecule has 2 unspecified atom stereocenters. The number of phenols is 2. The second kappa shape index (κ2) is 7.31. The number of carbonyl (C=O) groups excluding carboxylic acids is 3. The minimum Gasteiger partial charge on any atom is -0.504 e. The van der Waals surface area contributed by atoms with E-state index in [1.54, 1.807) is 0 Å². The summed E-state index contributed by atoms with van der Waals surface area (Å²) in [6, 6.07) is 2.36. The predicted octanol–water partition coefficient (Wildman–Crippen LogP) is -0.693. The molecule has 1 aromatic rings. The molecule has 1 aliphatic heterocycles. The molecule has 0 bridgehead atoms. The Morgan fingerprint density at radius 2 is 1.96 bits per heavy atom. The third-order valence-corrected chi connectivity index (χ3v) is 3.86. The highest BCUT2D eigenvalue weighted by atomic mass is 16.3. The molecule has 1 saturated heterocycles. The van der Waals surface area contributed by atoms with Gasteiger partial charge in [0.1, 0.15) is 17.9 Å². The molecule has 0 spiro atoms. The molecule has 1 fully saturated rings. The van der Waals surface area contributed by atoms with Crippen LogP contribution in [-0.2, 0) is 20.8 Å². The van der Waals surface area contributed by atoms with E-state index >= 15 is 0 Å². The summed E-state index contributed by atoms with van der Waals surface area (Å²) in [4.78, 5) is 37.5. The number of benzene rings is 1. The van der Waals surface area contributed by atoms with Gasteiger partial charge in [-0.15, -0.1) is 0 Å². The third kappa shape index (κ3) is 3.83. The van der Waals surface area contributed by atoms with Crippen LogP contribution < -0.4 is 5.32 Å². The van der Waals surface area contributed by atoms with Crippen molar-refractivity contribution in [2.45, 2.75) is 31.8 Å². The largest absolute Gasteiger partial charge is 0.504 e. The van der Waals surface area contributed by atoms with Crippen LogP contribution in [0.1, 0.15) is 18.9 Å². The van der Waals surface area contributed by atoms with Crippen molar-refractivity contribution >= 4 is 17.6 Å². The van der Waals surface area contributed by atoms with Gasteiger partial charge < -0.3 is 25.5 Å². The van der Waals surface area contributed by atoms with Crippen molar-refractivity contribution < 1.29 is 29.7 Å². The number of carbonyl (C=O) groups is 3. The van der Waals surface area contributed by atoms with E-state index in [2.05, 4.69) is 5.32 Å². The molecule has 0 saturated carbocycles. The number of rotatable bonds is 6. The van der Waals surface area contributed by atoms with Crippen molar-refractivity contribution in [3.63, 3.8) is 0 Å². The number of Topliss-reactive ketones (excluding diaryl/α,β-unsaturated/α-hetero) is 1. The molecule has 130 valence electrons. The molecule has 2 rings (SSSR count). The van der Waals surface area contributed by atoms with E-state index in [0.29, 0.717) is 5.56 Å². The smallest absolute Gasteiger partial charge is 0.246 e. The normalized spacial score (nSPS) is 20.8. The van der Waals surface area contributed by atoms with Gasteiger partial charge in [-0.1, -0.05) is 6.07 Å². The SMILES string of the molecule is CC(=O)CN1C(=O)C(CCO)NC(=O)C1Cc1ccc(O)c(O)c1. The van der Waals surface area contributed by atoms with Crippen molar-refractivity contribution in [1.29, 1.82) is 0 Å². The first-order valence-corrected chi connectivity index (χ1v) is 7.55. The summed E-state index contributed by atoms with van der Waals surface area (Å²) in [5.41, 5.74) is 0.535. The predicted molar refractivity (Wildman–Crippen MR) is 83.3 cm³/mol. The lowest BCUT2D eigenvalue weighted by atomic mass is 9.98. The molecule has 1 aromatic carbocycles. The fourth-order valence-electron chi connectivity index (χ4n) is 2.70. The Labute approximate surface area is 138 Å². The lowest BCUT2D eigenvalue weighted by Crippen LogP contribution is -2.64. The number of phenolic OH excluding ortho intramolecular Hbond substituents is 2. The molecular weight excluding hydrogens is 316 g/mol. The fraction of sp³-hybridized carbons (Fsp3) is 0.438. The van der Waals surface area contributed by atoms with Gasteiger partial charge in [0, 0.05) is 13.0 Å². The number of piperazine rings is 1. The molecule has 8 heteroatoms. The number of nitrogens with zero attached hydrogens (tertiary/aromatic N) is 1. The number of hydrogen-bond donors (Lipinski definition) is 4. The summed E-state index contributed by atoms with van der Waals surface area (Å²) in [6.45, 7) is 0.855. The van der Waals surface area contributed by atoms with Crippen LogP contribution in [0.25, 0.3) is 0 Å². The zero-order valence-corrected chi connectivity index (χ0v) is 13.2. The van der Waals surface area contributed by atoms with Crippen LogP contribution >= 0.6 is 0 Å². The number of amides is 2. The molecule has 0 radical (unpaired) electrons. The van der Waals surface area contributed by atoms with E-state index in [1.165, 1.54) is 30.0 Å². The van der Waals surface area contributed by atoms with Gasteiger partial charge in [-0.25, -0.2) is 0 Å². The van der Waals surface area contributed by atoms with E-state index in [1.807, 2.05) is 0 Å². The van der Waals surface area contributed by atoms with Gasteiger partial charge in [0.25, 0.3) is 0 Å². The highest BCUT2D eigenvalue weighted by Gasteiger charge is 2.40. The van der Waals surface area contributed by atoms with Crippen LogP contribution in [0.2, 0.25) is 0 Å². The number of aliphatic hydroxyl groups is 1. The quantitative estimate of drug-likeness (QED) is 0.509. The molecule has 8 nitrogen and oxygen atoms in total. The Bertz CT molecular complexity index is 660. The molecule has 2 amide bonds. The van der Waals surface area contributed by atoms with Crippen molar-refractivity contribution in [1.82, 2.24) is 10.2 Å². The summed E-state index contributed by atoms with van der Waals surface area (Å²) in [6.07, 6.45) is 0.163. The number of ketones is 1. The van der Waals surface area contributed by atoms with Crippen molar-refractivity contribution in [3.05, 3.63) is 23.8 Å². The maximum absolute atomic E-state index is 12.5. The Morgan fingerprint density at radius 3 is 2.54 bits per heavy atom. The Morgan fingerprint density at radius 1 is 1.25 bits per heavy atom. The maximum atomic E-state index is 12.5. The van der Waals surface area contributed by atoms with Crippen LogP contribution in [0.15, 0.2) is 18.2 Å². The van der Waals surface area contributed by atoms with Crippen molar-refractivity contribution in [3.8, 4) is 11.5 Å². The van der Waals surface area contributed by atoms with Crippen LogP contribution in [0.4, 0.5) is 0 Å². The number of nitrogens with one attached hydrogen (secondary N) is 1. The first-order valence-electron chi connectivity index (χ1n) is 7.55. The van der Waals surface area contributed by atoms with E-state index in [4.69, 9.17) is 5.11 Å². The zero-order valence-electron chi connectivity index (χ0n) is 13.2. The standard InChI is InChI=1S/C16H20N2O6/c1-9(20)8-18-12(6-10-2-3-13(21)14(22)7-10)15(23)17-11(4-5-19)16(18)24/h2-3,7,11-12,19,21-22H,4-6,8H2,1H3,(H,17,23). The molecule has 0 aromatic heterocycles. The van der Waals surface area contributed by atoms with Gasteiger partial charge in [0.2, 0.25) is 11.8 Å². The highest BCUT2D eigenvalue weighted by Crippen LogP contribution is 2.26. The average molecular weight is 336 g/mol. The lowest BCUT2D eigenvalue weighted by Gasteiger charge is -2.38. The second-order valence-electron chi connectivity index (χ2n) is 5.78. The van der Waals surface area contributed by atoms with Gasteiger partial charge in [-0.05, 0) is 31.0 Å². The van der Waals surface area contributed by atoms with Crippen molar-refractivity contribution in [2.24, 2.45) is 0 Å². The molecule has 4 N–H and O–H groups in total. The van der Waals surface area contributed by atoms with E-state index in [0.717, 1.165) is 0 Å². The molecular formula is C16H20N2O6. The first kappa shape index (κ1) is 17.7. The number of aliphatic hydroxyl groups excluding tert-OH is 1. The number of aromatic hydroxyl groups is 2.